The van der Waals surface area contributed by atoms with E-state index in [1.54, 1.807) is 6.20 Å². The summed E-state index contributed by atoms with van der Waals surface area (Å²) < 4.78 is 9.34. The molecule has 1 fully saturated rings. The van der Waals surface area contributed by atoms with Gasteiger partial charge in [0.05, 0.1) is 29.5 Å². The third kappa shape index (κ3) is 5.52. The Balaban J connectivity index is 1.12. The number of nitrogens with zero attached hydrogens (tertiary/aromatic N) is 5. The van der Waals surface area contributed by atoms with E-state index in [2.05, 4.69) is 45.6 Å². The summed E-state index contributed by atoms with van der Waals surface area (Å²) in [5.74, 6) is -0.0302. The molecule has 6 rings (SSSR count). The number of aromatic nitrogens is 6. The Labute approximate surface area is 237 Å². The Bertz CT molecular complexity index is 1730. The number of carbonyl (C=O) groups is 1. The van der Waals surface area contributed by atoms with Gasteiger partial charge in [-0.05, 0) is 55.9 Å². The average molecular weight is 554 g/mol. The number of ether oxygens (including phenoxy) is 1. The highest BCUT2D eigenvalue weighted by Gasteiger charge is 2.20. The number of hydrogen-bond acceptors (Lipinski definition) is 6. The molecule has 1 saturated heterocycles. The van der Waals surface area contributed by atoms with Gasteiger partial charge in [-0.1, -0.05) is 32.0 Å². The molecule has 0 spiro atoms. The summed E-state index contributed by atoms with van der Waals surface area (Å²) in [5.41, 5.74) is 3.95. The predicted octanol–water partition coefficient (Wildman–Crippen LogP) is 4.88. The summed E-state index contributed by atoms with van der Waals surface area (Å²) in [6.45, 7) is 5.72. The van der Waals surface area contributed by atoms with Gasteiger partial charge in [0, 0.05) is 48.5 Å². The molecule has 41 heavy (non-hydrogen) atoms. The van der Waals surface area contributed by atoms with Crippen LogP contribution in [0.1, 0.15) is 74.1 Å². The van der Waals surface area contributed by atoms with Crippen LogP contribution in [-0.2, 0) is 4.74 Å². The zero-order valence-electron chi connectivity index (χ0n) is 23.4. The van der Waals surface area contributed by atoms with E-state index in [1.807, 2.05) is 57.9 Å². The molecule has 1 aromatic carbocycles. The quantitative estimate of drug-likeness (QED) is 0.269. The summed E-state index contributed by atoms with van der Waals surface area (Å²) in [4.78, 5) is 30.0. The minimum absolute atomic E-state index is 0.000162. The van der Waals surface area contributed by atoms with Crippen LogP contribution in [0.3, 0.4) is 0 Å². The Morgan fingerprint density at radius 1 is 1.12 bits per heavy atom. The fraction of sp³-hybridized carbons (Fsp3) is 0.387. The smallest absolute Gasteiger partial charge is 0.272 e. The molecule has 5 heterocycles. The Hall–Kier alpha value is -4.31. The molecule has 2 atom stereocenters. The van der Waals surface area contributed by atoms with Crippen LogP contribution in [0, 0.1) is 0 Å². The summed E-state index contributed by atoms with van der Waals surface area (Å²) in [7, 11) is 0. The molecule has 1 amide bonds. The predicted molar refractivity (Wildman–Crippen MR) is 157 cm³/mol. The van der Waals surface area contributed by atoms with E-state index >= 15 is 0 Å². The summed E-state index contributed by atoms with van der Waals surface area (Å²) in [6, 6.07) is 11.9. The lowest BCUT2D eigenvalue weighted by Gasteiger charge is -2.22. The van der Waals surface area contributed by atoms with Crippen molar-refractivity contribution in [1.29, 1.82) is 0 Å². The van der Waals surface area contributed by atoms with Crippen LogP contribution in [0.4, 0.5) is 0 Å². The Morgan fingerprint density at radius 3 is 2.73 bits per heavy atom. The molecule has 0 unspecified atom stereocenters. The summed E-state index contributed by atoms with van der Waals surface area (Å²) in [5, 5.41) is 16.3. The number of nitrogens with one attached hydrogen (secondary N) is 2. The topological polar surface area (TPSA) is 119 Å². The molecule has 2 N–H and O–H groups in total. The van der Waals surface area contributed by atoms with Crippen LogP contribution in [0.15, 0.2) is 66.0 Å². The molecule has 0 bridgehead atoms. The molecule has 10 heteroatoms. The van der Waals surface area contributed by atoms with Crippen LogP contribution in [-0.4, -0.2) is 54.5 Å². The van der Waals surface area contributed by atoms with E-state index in [0.717, 1.165) is 67.5 Å². The summed E-state index contributed by atoms with van der Waals surface area (Å²) in [6.07, 6.45) is 11.8. The highest BCUT2D eigenvalue weighted by atomic mass is 16.5. The maximum absolute atomic E-state index is 13.3. The number of hydrogen-bond donors (Lipinski definition) is 2. The van der Waals surface area contributed by atoms with Gasteiger partial charge < -0.3 is 10.1 Å². The van der Waals surface area contributed by atoms with Crippen molar-refractivity contribution >= 4 is 22.3 Å². The number of rotatable bonds is 9. The van der Waals surface area contributed by atoms with Gasteiger partial charge >= 0.3 is 0 Å². The second-order valence-corrected chi connectivity index (χ2v) is 10.9. The molecule has 0 saturated carbocycles. The van der Waals surface area contributed by atoms with Gasteiger partial charge in [-0.3, -0.25) is 18.7 Å². The second-order valence-electron chi connectivity index (χ2n) is 10.9. The van der Waals surface area contributed by atoms with Gasteiger partial charge in [-0.2, -0.15) is 10.2 Å². The van der Waals surface area contributed by atoms with Gasteiger partial charge in [-0.15, -0.1) is 0 Å². The fourth-order valence-electron chi connectivity index (χ4n) is 5.70. The van der Waals surface area contributed by atoms with E-state index in [9.17, 15) is 9.59 Å². The molecular weight excluding hydrogens is 518 g/mol. The van der Waals surface area contributed by atoms with Crippen LogP contribution in [0.25, 0.3) is 27.5 Å². The van der Waals surface area contributed by atoms with Crippen molar-refractivity contribution < 1.29 is 9.53 Å². The lowest BCUT2D eigenvalue weighted by molar-refractivity contribution is 0.0662. The number of carbonyl (C=O) groups excluding carboxylic acids is 1. The van der Waals surface area contributed by atoms with Gasteiger partial charge in [0.2, 0.25) is 0 Å². The molecule has 1 aliphatic heterocycles. The molecule has 10 nitrogen and oxygen atoms in total. The molecule has 5 aromatic rings. The van der Waals surface area contributed by atoms with Gasteiger partial charge in [0.1, 0.15) is 11.3 Å². The highest BCUT2D eigenvalue weighted by Crippen LogP contribution is 2.27. The Kier molecular flexibility index (Phi) is 7.65. The Morgan fingerprint density at radius 2 is 1.93 bits per heavy atom. The van der Waals surface area contributed by atoms with E-state index in [4.69, 9.17) is 4.74 Å². The molecular formula is C31H35N7O3. The molecule has 1 aliphatic rings. The maximum Gasteiger partial charge on any atom is 0.272 e. The number of fused-ring (bicyclic) bond motifs is 2. The monoisotopic (exact) mass is 553 g/mol. The zero-order chi connectivity index (χ0) is 28.3. The number of imidazole rings is 1. The minimum Gasteiger partial charge on any atom is -0.381 e. The SMILES string of the molecule is CC[C@@H](CC[C@H](C)c1n[nH]c(=O)c2ccccc12)NC(=O)c1cnc2cc(-c3cnn(C4CCOCC4)c3)ccn12. The second kappa shape index (κ2) is 11.7. The summed E-state index contributed by atoms with van der Waals surface area (Å²) >= 11 is 0. The average Bonchev–Trinajstić information content (AvgIpc) is 3.67. The van der Waals surface area contributed by atoms with E-state index in [0.29, 0.717) is 22.8 Å². The van der Waals surface area contributed by atoms with Crippen molar-refractivity contribution in [2.24, 2.45) is 0 Å². The standard InChI is InChI=1S/C31H35N7O3/c1-3-23(9-8-20(2)29-25-6-4-5-7-26(25)30(39)36-35-29)34-31(40)27-18-32-28-16-21(10-13-37(27)28)22-17-33-38(19-22)24-11-14-41-15-12-24/h4-7,10,13,16-20,23-24H,3,8-9,11-12,14-15H2,1-2H3,(H,34,40)(H,36,39)/t20-,23-/m0/s1. The van der Waals surface area contributed by atoms with Crippen molar-refractivity contribution in [2.75, 3.05) is 13.2 Å². The van der Waals surface area contributed by atoms with Crippen LogP contribution in [0.5, 0.6) is 0 Å². The first-order valence-electron chi connectivity index (χ1n) is 14.4. The first-order valence-corrected chi connectivity index (χ1v) is 14.4. The van der Waals surface area contributed by atoms with Gasteiger partial charge in [-0.25, -0.2) is 10.1 Å². The number of amides is 1. The molecule has 4 aromatic heterocycles. The zero-order valence-corrected chi connectivity index (χ0v) is 23.4. The van der Waals surface area contributed by atoms with Crippen molar-refractivity contribution in [3.63, 3.8) is 0 Å². The van der Waals surface area contributed by atoms with Crippen LogP contribution >= 0.6 is 0 Å². The molecule has 212 valence electrons. The van der Waals surface area contributed by atoms with Crippen LogP contribution < -0.4 is 10.9 Å². The largest absolute Gasteiger partial charge is 0.381 e. The van der Waals surface area contributed by atoms with E-state index in [-0.39, 0.29) is 23.4 Å². The number of pyridine rings is 1. The number of benzene rings is 1. The van der Waals surface area contributed by atoms with Crippen molar-refractivity contribution in [1.82, 2.24) is 34.7 Å². The van der Waals surface area contributed by atoms with Crippen molar-refractivity contribution in [3.8, 4) is 11.1 Å². The maximum atomic E-state index is 13.3. The number of aromatic amines is 1. The van der Waals surface area contributed by atoms with Gasteiger partial charge in [0.25, 0.3) is 11.5 Å². The normalized spacial score (nSPS) is 15.8. The van der Waals surface area contributed by atoms with Gasteiger partial charge in [0.15, 0.2) is 0 Å². The van der Waals surface area contributed by atoms with E-state index in [1.165, 1.54) is 0 Å². The number of H-pyrrole nitrogens is 1. The first kappa shape index (κ1) is 26.9. The van der Waals surface area contributed by atoms with Crippen molar-refractivity contribution in [2.45, 2.75) is 64.0 Å². The fourth-order valence-corrected chi connectivity index (χ4v) is 5.70. The third-order valence-electron chi connectivity index (χ3n) is 8.21. The highest BCUT2D eigenvalue weighted by molar-refractivity contribution is 5.93. The first-order chi connectivity index (χ1) is 20.0. The third-order valence-corrected chi connectivity index (χ3v) is 8.21. The molecule has 0 radical (unpaired) electrons. The minimum atomic E-state index is -0.180. The van der Waals surface area contributed by atoms with Crippen LogP contribution in [0.2, 0.25) is 0 Å². The van der Waals surface area contributed by atoms with E-state index < -0.39 is 0 Å². The lowest BCUT2D eigenvalue weighted by Crippen LogP contribution is -2.35. The molecule has 0 aliphatic carbocycles. The lowest BCUT2D eigenvalue weighted by atomic mass is 9.94. The van der Waals surface area contributed by atoms with Crippen molar-refractivity contribution in [3.05, 3.63) is 82.9 Å².